The van der Waals surface area contributed by atoms with Gasteiger partial charge >= 0.3 is 0 Å². The maximum absolute atomic E-state index is 13.2. The molecule has 7 heteroatoms. The minimum atomic E-state index is -0.243. The first-order chi connectivity index (χ1) is 15.6. The molecule has 2 heterocycles. The highest BCUT2D eigenvalue weighted by Crippen LogP contribution is 2.39. The fourth-order valence-electron chi connectivity index (χ4n) is 4.44. The zero-order valence-corrected chi connectivity index (χ0v) is 18.2. The van der Waals surface area contributed by atoms with Gasteiger partial charge < -0.3 is 18.9 Å². The number of carbonyl (C=O) groups is 2. The predicted molar refractivity (Wildman–Crippen MR) is 118 cm³/mol. The van der Waals surface area contributed by atoms with E-state index in [0.717, 1.165) is 5.56 Å². The lowest BCUT2D eigenvalue weighted by Gasteiger charge is -2.37. The first-order valence-electron chi connectivity index (χ1n) is 10.8. The number of allylic oxidation sites excluding steroid dienone is 1. The Labute approximate surface area is 191 Å². The summed E-state index contributed by atoms with van der Waals surface area (Å²) in [5.74, 6) is 1.11. The number of benzene rings is 2. The highest BCUT2D eigenvalue weighted by atomic mass is 35.5. The molecule has 2 aromatic rings. The molecule has 0 bridgehead atoms. The van der Waals surface area contributed by atoms with Gasteiger partial charge in [0.25, 0.3) is 0 Å². The van der Waals surface area contributed by atoms with Crippen LogP contribution in [0.1, 0.15) is 35.2 Å². The maximum atomic E-state index is 13.2. The van der Waals surface area contributed by atoms with Crippen LogP contribution in [0.25, 0.3) is 5.57 Å². The van der Waals surface area contributed by atoms with E-state index in [1.54, 1.807) is 30.5 Å². The molecule has 166 valence electrons. The van der Waals surface area contributed by atoms with E-state index in [0.29, 0.717) is 60.1 Å². The molecule has 32 heavy (non-hydrogen) atoms. The third-order valence-corrected chi connectivity index (χ3v) is 6.43. The van der Waals surface area contributed by atoms with E-state index in [1.165, 1.54) is 0 Å². The summed E-state index contributed by atoms with van der Waals surface area (Å²) in [4.78, 5) is 25.5. The fraction of sp³-hybridized carbons (Fsp3) is 0.360. The zero-order valence-electron chi connectivity index (χ0n) is 17.4. The van der Waals surface area contributed by atoms with Crippen molar-refractivity contribution >= 4 is 28.7 Å². The minimum absolute atomic E-state index is 0.00405. The summed E-state index contributed by atoms with van der Waals surface area (Å²) in [6.45, 7) is 1.01. The van der Waals surface area contributed by atoms with Crippen LogP contribution in [-0.2, 0) is 14.3 Å². The van der Waals surface area contributed by atoms with Gasteiger partial charge in [-0.2, -0.15) is 0 Å². The SMILES string of the molecule is O=C(COC1CCC2C(=O)C(c3ccc4c(c3)OCCO4)=COC2C1)c1ccc(Cl)cc1. The van der Waals surface area contributed by atoms with Gasteiger partial charge in [-0.25, -0.2) is 0 Å². The molecule has 0 spiro atoms. The highest BCUT2D eigenvalue weighted by molar-refractivity contribution is 6.30. The molecular weight excluding hydrogens is 432 g/mol. The first kappa shape index (κ1) is 21.0. The summed E-state index contributed by atoms with van der Waals surface area (Å²) in [5.41, 5.74) is 1.89. The van der Waals surface area contributed by atoms with Crippen LogP contribution in [0.5, 0.6) is 11.5 Å². The molecule has 2 aromatic carbocycles. The normalized spacial score (nSPS) is 24.2. The van der Waals surface area contributed by atoms with E-state index in [-0.39, 0.29) is 36.3 Å². The number of halogens is 1. The van der Waals surface area contributed by atoms with Crippen molar-refractivity contribution < 1.29 is 28.5 Å². The van der Waals surface area contributed by atoms with Gasteiger partial charge in [0.05, 0.1) is 23.9 Å². The Bertz CT molecular complexity index is 1060. The summed E-state index contributed by atoms with van der Waals surface area (Å²) < 4.78 is 23.0. The smallest absolute Gasteiger partial charge is 0.188 e. The van der Waals surface area contributed by atoms with E-state index >= 15 is 0 Å². The Morgan fingerprint density at radius 1 is 1.03 bits per heavy atom. The van der Waals surface area contributed by atoms with Crippen molar-refractivity contribution in [3.63, 3.8) is 0 Å². The molecule has 3 aliphatic rings. The zero-order chi connectivity index (χ0) is 22.1. The van der Waals surface area contributed by atoms with Crippen LogP contribution >= 0.6 is 11.6 Å². The molecule has 0 aromatic heterocycles. The second-order valence-electron chi connectivity index (χ2n) is 8.21. The number of hydrogen-bond donors (Lipinski definition) is 0. The van der Waals surface area contributed by atoms with Crippen LogP contribution in [0.4, 0.5) is 0 Å². The largest absolute Gasteiger partial charge is 0.496 e. The number of ether oxygens (including phenoxy) is 4. The monoisotopic (exact) mass is 454 g/mol. The quantitative estimate of drug-likeness (QED) is 0.620. The molecule has 1 aliphatic carbocycles. The topological polar surface area (TPSA) is 71.1 Å². The van der Waals surface area contributed by atoms with Crippen LogP contribution in [0, 0.1) is 5.92 Å². The molecule has 3 atom stereocenters. The summed E-state index contributed by atoms with van der Waals surface area (Å²) in [6.07, 6.45) is 3.13. The van der Waals surface area contributed by atoms with Crippen molar-refractivity contribution in [2.45, 2.75) is 31.5 Å². The van der Waals surface area contributed by atoms with Crippen molar-refractivity contribution in [2.75, 3.05) is 19.8 Å². The number of rotatable bonds is 5. The van der Waals surface area contributed by atoms with Gasteiger partial charge in [0.15, 0.2) is 23.1 Å². The summed E-state index contributed by atoms with van der Waals surface area (Å²) in [6, 6.07) is 12.3. The maximum Gasteiger partial charge on any atom is 0.188 e. The predicted octanol–water partition coefficient (Wildman–Crippen LogP) is 4.49. The van der Waals surface area contributed by atoms with Crippen molar-refractivity contribution in [2.24, 2.45) is 5.92 Å². The van der Waals surface area contributed by atoms with Gasteiger partial charge in [-0.05, 0) is 54.8 Å². The summed E-state index contributed by atoms with van der Waals surface area (Å²) in [5, 5.41) is 0.587. The van der Waals surface area contributed by atoms with Crippen molar-refractivity contribution in [1.82, 2.24) is 0 Å². The van der Waals surface area contributed by atoms with Crippen molar-refractivity contribution in [3.05, 3.63) is 64.9 Å². The summed E-state index contributed by atoms with van der Waals surface area (Å²) in [7, 11) is 0. The van der Waals surface area contributed by atoms with Crippen LogP contribution < -0.4 is 9.47 Å². The van der Waals surface area contributed by atoms with Crippen LogP contribution in [0.2, 0.25) is 5.02 Å². The molecule has 1 fully saturated rings. The van der Waals surface area contributed by atoms with Gasteiger partial charge in [0.1, 0.15) is 25.9 Å². The molecule has 0 N–H and O–H groups in total. The van der Waals surface area contributed by atoms with E-state index < -0.39 is 0 Å². The lowest BCUT2D eigenvalue weighted by molar-refractivity contribution is -0.127. The average Bonchev–Trinajstić information content (AvgIpc) is 2.83. The standard InChI is InChI=1S/C25H23ClO6/c26-17-4-1-15(2-5-17)21(27)14-31-18-6-7-19-23(12-18)32-13-20(25(19)28)16-3-8-22-24(11-16)30-10-9-29-22/h1-5,8,11,13,18-19,23H,6-7,9-10,12,14H2. The number of Topliss-reactive ketones (excluding diaryl/α,β-unsaturated/α-hetero) is 2. The van der Waals surface area contributed by atoms with Crippen molar-refractivity contribution in [1.29, 1.82) is 0 Å². The van der Waals surface area contributed by atoms with Crippen molar-refractivity contribution in [3.8, 4) is 11.5 Å². The van der Waals surface area contributed by atoms with Crippen LogP contribution in [0.3, 0.4) is 0 Å². The van der Waals surface area contributed by atoms with Gasteiger partial charge in [0.2, 0.25) is 0 Å². The molecule has 0 saturated heterocycles. The van der Waals surface area contributed by atoms with Crippen LogP contribution in [-0.4, -0.2) is 43.6 Å². The van der Waals surface area contributed by atoms with Crippen LogP contribution in [0.15, 0.2) is 48.7 Å². The number of fused-ring (bicyclic) bond motifs is 2. The second-order valence-corrected chi connectivity index (χ2v) is 8.65. The van der Waals surface area contributed by atoms with Gasteiger partial charge in [0, 0.05) is 17.0 Å². The molecule has 6 nitrogen and oxygen atoms in total. The number of ketones is 2. The first-order valence-corrected chi connectivity index (χ1v) is 11.2. The fourth-order valence-corrected chi connectivity index (χ4v) is 4.57. The molecule has 5 rings (SSSR count). The third kappa shape index (κ3) is 4.25. The molecule has 0 radical (unpaired) electrons. The average molecular weight is 455 g/mol. The van der Waals surface area contributed by atoms with Gasteiger partial charge in [-0.15, -0.1) is 0 Å². The van der Waals surface area contributed by atoms with E-state index in [9.17, 15) is 9.59 Å². The Morgan fingerprint density at radius 3 is 2.62 bits per heavy atom. The van der Waals surface area contributed by atoms with E-state index in [2.05, 4.69) is 0 Å². The molecule has 0 amide bonds. The van der Waals surface area contributed by atoms with E-state index in [4.69, 9.17) is 30.5 Å². The highest BCUT2D eigenvalue weighted by Gasteiger charge is 2.41. The third-order valence-electron chi connectivity index (χ3n) is 6.18. The summed E-state index contributed by atoms with van der Waals surface area (Å²) >= 11 is 5.87. The van der Waals surface area contributed by atoms with Gasteiger partial charge in [-0.3, -0.25) is 9.59 Å². The minimum Gasteiger partial charge on any atom is -0.496 e. The lowest BCUT2D eigenvalue weighted by atomic mass is 9.78. The Hall–Kier alpha value is -2.83. The number of hydrogen-bond acceptors (Lipinski definition) is 6. The number of carbonyl (C=O) groups excluding carboxylic acids is 2. The Kier molecular flexibility index (Phi) is 5.89. The Balaban J connectivity index is 1.21. The molecule has 2 aliphatic heterocycles. The second kappa shape index (κ2) is 8.96. The lowest BCUT2D eigenvalue weighted by Crippen LogP contribution is -2.41. The van der Waals surface area contributed by atoms with E-state index in [1.807, 2.05) is 18.2 Å². The molecular formula is C25H23ClO6. The Morgan fingerprint density at radius 2 is 1.81 bits per heavy atom. The molecule has 3 unspecified atom stereocenters. The van der Waals surface area contributed by atoms with Gasteiger partial charge in [-0.1, -0.05) is 17.7 Å². The molecule has 1 saturated carbocycles.